The van der Waals surface area contributed by atoms with Gasteiger partial charge >= 0.3 is 5.97 Å². The van der Waals surface area contributed by atoms with Gasteiger partial charge in [0.2, 0.25) is 11.9 Å². The minimum Gasteiger partial charge on any atom is -0.481 e. The van der Waals surface area contributed by atoms with Crippen LogP contribution in [0, 0.1) is 22.0 Å². The molecule has 1 saturated heterocycles. The fraction of sp³-hybridized carbons (Fsp3) is 0.517. The number of ether oxygens (including phenoxy) is 1. The Balaban J connectivity index is 1.96. The molecule has 1 fully saturated rings. The molecule has 9 nitrogen and oxygen atoms in total. The summed E-state index contributed by atoms with van der Waals surface area (Å²) in [5.74, 6) is -2.04. The highest BCUT2D eigenvalue weighted by Crippen LogP contribution is 2.45. The average Bonchev–Trinajstić information content (AvgIpc) is 3.23. The predicted molar refractivity (Wildman–Crippen MR) is 144 cm³/mol. The fourth-order valence-corrected chi connectivity index (χ4v) is 5.39. The van der Waals surface area contributed by atoms with Gasteiger partial charge in [-0.1, -0.05) is 80.9 Å². The van der Waals surface area contributed by atoms with Gasteiger partial charge in [0.05, 0.1) is 18.6 Å². The van der Waals surface area contributed by atoms with Crippen LogP contribution in [0.5, 0.6) is 0 Å². The minimum absolute atomic E-state index is 0.0247. The molecule has 2 aromatic rings. The minimum atomic E-state index is -1.30. The second-order valence-corrected chi connectivity index (χ2v) is 10.3. The summed E-state index contributed by atoms with van der Waals surface area (Å²) in [4.78, 5) is 37.0. The first kappa shape index (κ1) is 29.3. The topological polar surface area (TPSA) is 131 Å². The Morgan fingerprint density at radius 2 is 1.76 bits per heavy atom. The molecule has 1 aliphatic rings. The van der Waals surface area contributed by atoms with Gasteiger partial charge in [-0.2, -0.15) is 0 Å². The summed E-state index contributed by atoms with van der Waals surface area (Å²) in [6, 6.07) is 17.0. The van der Waals surface area contributed by atoms with E-state index in [2.05, 4.69) is 10.6 Å². The molecule has 3 rings (SSSR count). The lowest BCUT2D eigenvalue weighted by atomic mass is 9.74. The lowest BCUT2D eigenvalue weighted by molar-refractivity contribution is -0.536. The average molecular weight is 526 g/mol. The highest BCUT2D eigenvalue weighted by molar-refractivity contribution is 5.87. The number of nitro groups is 1. The second kappa shape index (κ2) is 13.5. The zero-order chi connectivity index (χ0) is 27.7. The molecular formula is C29H39N3O6. The highest BCUT2D eigenvalue weighted by Gasteiger charge is 2.64. The summed E-state index contributed by atoms with van der Waals surface area (Å²) in [7, 11) is 0. The number of aliphatic carboxylic acids is 1. The molecule has 3 N–H and O–H groups in total. The maximum absolute atomic E-state index is 13.7. The Hall–Kier alpha value is -3.30. The molecule has 0 radical (unpaired) electrons. The van der Waals surface area contributed by atoms with E-state index in [9.17, 15) is 19.7 Å². The largest absolute Gasteiger partial charge is 0.481 e. The van der Waals surface area contributed by atoms with E-state index < -0.39 is 35.6 Å². The number of hydrogen-bond acceptors (Lipinski definition) is 6. The van der Waals surface area contributed by atoms with Crippen LogP contribution >= 0.6 is 0 Å². The molecule has 0 saturated carbocycles. The standard InChI is InChI=1S/C29H39N3O6/c1-4-20(2)27(38-19-21-13-7-5-8-14-21)24-26(32(36)37)25(22-15-9-6-10-16-22)31-29(24,3)28(35)30-18-12-11-17-23(33)34/h5-10,13-16,20,24-27,31H,4,11-12,17-19H2,1-3H3,(H,30,35)(H,33,34)/t20-,24?,25?,26?,27?,29?/m0/s1. The fourth-order valence-electron chi connectivity index (χ4n) is 5.39. The van der Waals surface area contributed by atoms with Crippen molar-refractivity contribution in [1.29, 1.82) is 0 Å². The van der Waals surface area contributed by atoms with Gasteiger partial charge in [0.1, 0.15) is 11.6 Å². The molecule has 1 amide bonds. The van der Waals surface area contributed by atoms with Crippen LogP contribution < -0.4 is 10.6 Å². The van der Waals surface area contributed by atoms with Gasteiger partial charge in [0.25, 0.3) is 0 Å². The summed E-state index contributed by atoms with van der Waals surface area (Å²) >= 11 is 0. The first-order valence-corrected chi connectivity index (χ1v) is 13.3. The van der Waals surface area contributed by atoms with Gasteiger partial charge in [-0.15, -0.1) is 0 Å². The number of carbonyl (C=O) groups is 2. The molecule has 0 bridgehead atoms. The maximum Gasteiger partial charge on any atom is 0.303 e. The first-order valence-electron chi connectivity index (χ1n) is 13.3. The molecule has 1 heterocycles. The number of rotatable bonds is 14. The Labute approximate surface area is 224 Å². The van der Waals surface area contributed by atoms with Gasteiger partial charge in [-0.05, 0) is 36.8 Å². The van der Waals surface area contributed by atoms with Gasteiger partial charge in [-0.25, -0.2) is 0 Å². The summed E-state index contributed by atoms with van der Waals surface area (Å²) in [6.07, 6.45) is 1.11. The lowest BCUT2D eigenvalue weighted by Crippen LogP contribution is -2.60. The smallest absolute Gasteiger partial charge is 0.303 e. The molecule has 2 aromatic carbocycles. The van der Waals surface area contributed by atoms with Crippen molar-refractivity contribution in [1.82, 2.24) is 10.6 Å². The number of carboxylic acid groups (broad SMARTS) is 1. The van der Waals surface area contributed by atoms with E-state index in [0.717, 1.165) is 17.5 Å². The quantitative estimate of drug-likeness (QED) is 0.190. The van der Waals surface area contributed by atoms with Gasteiger partial charge in [0.15, 0.2) is 0 Å². The molecular weight excluding hydrogens is 486 g/mol. The van der Waals surface area contributed by atoms with Crippen LogP contribution in [-0.2, 0) is 20.9 Å². The van der Waals surface area contributed by atoms with Crippen LogP contribution in [0.1, 0.15) is 63.6 Å². The summed E-state index contributed by atoms with van der Waals surface area (Å²) < 4.78 is 6.45. The number of hydrogen-bond donors (Lipinski definition) is 3. The number of amides is 1. The van der Waals surface area contributed by atoms with Crippen molar-refractivity contribution in [2.45, 2.75) is 76.8 Å². The lowest BCUT2D eigenvalue weighted by Gasteiger charge is -2.37. The molecule has 0 spiro atoms. The third-order valence-electron chi connectivity index (χ3n) is 7.65. The zero-order valence-corrected chi connectivity index (χ0v) is 22.3. The third-order valence-corrected chi connectivity index (χ3v) is 7.65. The number of carboxylic acids is 1. The van der Waals surface area contributed by atoms with Crippen molar-refractivity contribution in [3.05, 3.63) is 81.9 Å². The van der Waals surface area contributed by atoms with Crippen molar-refractivity contribution in [2.75, 3.05) is 6.54 Å². The van der Waals surface area contributed by atoms with Crippen molar-refractivity contribution in [3.8, 4) is 0 Å². The summed E-state index contributed by atoms with van der Waals surface area (Å²) in [5.41, 5.74) is 0.396. The summed E-state index contributed by atoms with van der Waals surface area (Å²) in [6.45, 7) is 6.31. The molecule has 9 heteroatoms. The number of unbranched alkanes of at least 4 members (excludes halogenated alkanes) is 1. The van der Waals surface area contributed by atoms with Gasteiger partial charge in [-0.3, -0.25) is 25.0 Å². The molecule has 5 unspecified atom stereocenters. The highest BCUT2D eigenvalue weighted by atomic mass is 16.6. The molecule has 6 atom stereocenters. The number of nitrogens with zero attached hydrogens (tertiary/aromatic N) is 1. The van der Waals surface area contributed by atoms with Crippen molar-refractivity contribution >= 4 is 11.9 Å². The third kappa shape index (κ3) is 6.96. The van der Waals surface area contributed by atoms with E-state index in [4.69, 9.17) is 9.84 Å². The predicted octanol–water partition coefficient (Wildman–Crippen LogP) is 4.35. The maximum atomic E-state index is 13.7. The SMILES string of the molecule is CC[C@H](C)C(OCc1ccccc1)C1C([N+](=O)[O-])C(c2ccccc2)NC1(C)C(=O)NCCCCC(=O)O. The first-order chi connectivity index (χ1) is 18.2. The van der Waals surface area contributed by atoms with E-state index in [1.807, 2.05) is 74.5 Å². The van der Waals surface area contributed by atoms with E-state index in [1.54, 1.807) is 6.92 Å². The van der Waals surface area contributed by atoms with E-state index in [-0.39, 0.29) is 36.3 Å². The summed E-state index contributed by atoms with van der Waals surface area (Å²) in [5, 5.41) is 27.8. The van der Waals surface area contributed by atoms with E-state index in [0.29, 0.717) is 12.8 Å². The van der Waals surface area contributed by atoms with E-state index >= 15 is 0 Å². The van der Waals surface area contributed by atoms with Crippen molar-refractivity contribution in [2.24, 2.45) is 11.8 Å². The Morgan fingerprint density at radius 1 is 1.13 bits per heavy atom. The van der Waals surface area contributed by atoms with Crippen molar-refractivity contribution in [3.63, 3.8) is 0 Å². The van der Waals surface area contributed by atoms with Crippen LogP contribution in [0.4, 0.5) is 0 Å². The molecule has 0 aliphatic carbocycles. The zero-order valence-electron chi connectivity index (χ0n) is 22.3. The number of benzene rings is 2. The number of carbonyl (C=O) groups excluding carboxylic acids is 1. The Bertz CT molecular complexity index is 1070. The normalized spacial score (nSPS) is 24.4. The van der Waals surface area contributed by atoms with Crippen LogP contribution in [-0.4, -0.2) is 46.1 Å². The van der Waals surface area contributed by atoms with Crippen molar-refractivity contribution < 1.29 is 24.4 Å². The Kier molecular flexibility index (Phi) is 10.4. The molecule has 0 aromatic heterocycles. The van der Waals surface area contributed by atoms with E-state index in [1.165, 1.54) is 0 Å². The molecule has 1 aliphatic heterocycles. The molecule has 206 valence electrons. The van der Waals surface area contributed by atoms with Crippen LogP contribution in [0.3, 0.4) is 0 Å². The second-order valence-electron chi connectivity index (χ2n) is 10.3. The number of nitrogens with one attached hydrogen (secondary N) is 2. The monoisotopic (exact) mass is 525 g/mol. The Morgan fingerprint density at radius 3 is 2.34 bits per heavy atom. The van der Waals surface area contributed by atoms with Crippen LogP contribution in [0.15, 0.2) is 60.7 Å². The molecule has 38 heavy (non-hydrogen) atoms. The van der Waals surface area contributed by atoms with Gasteiger partial charge in [0, 0.05) is 17.9 Å². The van der Waals surface area contributed by atoms with Crippen LogP contribution in [0.2, 0.25) is 0 Å². The van der Waals surface area contributed by atoms with Crippen LogP contribution in [0.25, 0.3) is 0 Å². The van der Waals surface area contributed by atoms with Gasteiger partial charge < -0.3 is 15.2 Å².